The zero-order valence-corrected chi connectivity index (χ0v) is 14.5. The second-order valence-corrected chi connectivity index (χ2v) is 6.59. The van der Waals surface area contributed by atoms with Crippen molar-refractivity contribution in [3.05, 3.63) is 51.3 Å². The molecule has 2 aromatic heterocycles. The molecule has 28 heavy (non-hydrogen) atoms. The number of carbonyl (C=O) groups excluding carboxylic acids is 1. The van der Waals surface area contributed by atoms with Gasteiger partial charge < -0.3 is 11.1 Å². The molecule has 12 heteroatoms. The topological polar surface area (TPSA) is 68.0 Å². The fourth-order valence-electron chi connectivity index (χ4n) is 2.50. The number of nitrogens with one attached hydrogen (secondary N) is 1. The maximum absolute atomic E-state index is 13.7. The summed E-state index contributed by atoms with van der Waals surface area (Å²) >= 11 is 0.532. The number of aromatic nitrogens is 1. The van der Waals surface area contributed by atoms with Gasteiger partial charge in [-0.1, -0.05) is 0 Å². The first-order chi connectivity index (χ1) is 13.0. The molecule has 0 aliphatic rings. The molecule has 2 heterocycles. The molecule has 0 saturated carbocycles. The Hall–Kier alpha value is -2.89. The molecule has 3 rings (SSSR count). The fourth-order valence-corrected chi connectivity index (χ4v) is 3.57. The predicted molar refractivity (Wildman–Crippen MR) is 87.9 cm³/mol. The van der Waals surface area contributed by atoms with E-state index in [1.54, 1.807) is 5.32 Å². The van der Waals surface area contributed by atoms with Crippen molar-refractivity contribution in [2.75, 3.05) is 11.1 Å². The van der Waals surface area contributed by atoms with Crippen LogP contribution in [-0.2, 0) is 0 Å². The number of pyridine rings is 1. The molecule has 0 saturated heterocycles. The monoisotopic (exact) mass is 423 g/mol. The van der Waals surface area contributed by atoms with Gasteiger partial charge >= 0.3 is 0 Å². The molecule has 148 valence electrons. The molecule has 0 fully saturated rings. The molecule has 3 aromatic rings. The summed E-state index contributed by atoms with van der Waals surface area (Å²) in [6, 6.07) is 1.06. The van der Waals surface area contributed by atoms with Crippen molar-refractivity contribution in [3.63, 3.8) is 0 Å². The zero-order valence-electron chi connectivity index (χ0n) is 13.6. The first-order valence-corrected chi connectivity index (χ1v) is 8.16. The van der Waals surface area contributed by atoms with E-state index in [4.69, 9.17) is 5.73 Å². The van der Waals surface area contributed by atoms with Gasteiger partial charge in [-0.2, -0.15) is 0 Å². The van der Waals surface area contributed by atoms with Crippen molar-refractivity contribution in [3.8, 4) is 0 Å². The second-order valence-electron chi connectivity index (χ2n) is 5.59. The number of carbonyl (C=O) groups is 1. The summed E-state index contributed by atoms with van der Waals surface area (Å²) in [6.45, 7) is 1.44. The Morgan fingerprint density at radius 3 is 2.14 bits per heavy atom. The molecule has 0 aliphatic carbocycles. The van der Waals surface area contributed by atoms with Gasteiger partial charge in [-0.25, -0.2) is 35.7 Å². The Labute approximate surface area is 155 Å². The molecule has 0 radical (unpaired) electrons. The van der Waals surface area contributed by atoms with Gasteiger partial charge in [-0.15, -0.1) is 11.3 Å². The molecule has 4 nitrogen and oxygen atoms in total. The molecule has 0 aliphatic heterocycles. The van der Waals surface area contributed by atoms with E-state index in [0.717, 1.165) is 6.07 Å². The lowest BCUT2D eigenvalue weighted by Crippen LogP contribution is -2.17. The molecule has 0 atom stereocenters. The number of hydrogen-bond donors (Lipinski definition) is 2. The Kier molecular flexibility index (Phi) is 4.91. The number of halogens is 7. The minimum absolute atomic E-state index is 0.0460. The van der Waals surface area contributed by atoms with Crippen LogP contribution in [0.3, 0.4) is 0 Å². The van der Waals surface area contributed by atoms with Crippen molar-refractivity contribution in [2.45, 2.75) is 13.3 Å². The maximum Gasteiger partial charge on any atom is 0.280 e. The highest BCUT2D eigenvalue weighted by Gasteiger charge is 2.28. The van der Waals surface area contributed by atoms with E-state index in [0.29, 0.717) is 11.3 Å². The Balaban J connectivity index is 2.09. The van der Waals surface area contributed by atoms with E-state index in [-0.39, 0.29) is 26.3 Å². The average molecular weight is 423 g/mol. The van der Waals surface area contributed by atoms with Gasteiger partial charge in [0.1, 0.15) is 21.1 Å². The van der Waals surface area contributed by atoms with Crippen LogP contribution in [-0.4, -0.2) is 10.9 Å². The lowest BCUT2D eigenvalue weighted by molar-refractivity contribution is 0.103. The van der Waals surface area contributed by atoms with Crippen LogP contribution in [0, 0.1) is 36.0 Å². The Morgan fingerprint density at radius 2 is 1.61 bits per heavy atom. The number of rotatable bonds is 3. The van der Waals surface area contributed by atoms with Gasteiger partial charge in [0.2, 0.25) is 5.82 Å². The minimum Gasteiger partial charge on any atom is -0.397 e. The molecule has 0 unspecified atom stereocenters. The first-order valence-electron chi connectivity index (χ1n) is 7.35. The summed E-state index contributed by atoms with van der Waals surface area (Å²) < 4.78 is 92.8. The van der Waals surface area contributed by atoms with Gasteiger partial charge in [-0.05, 0) is 18.6 Å². The normalized spacial score (nSPS) is 11.5. The molecule has 0 spiro atoms. The zero-order chi connectivity index (χ0) is 20.9. The number of nitrogens with zero attached hydrogens (tertiary/aromatic N) is 1. The summed E-state index contributed by atoms with van der Waals surface area (Å²) in [4.78, 5) is 15.6. The number of thiophene rings is 1. The van der Waals surface area contributed by atoms with Gasteiger partial charge in [0.15, 0.2) is 23.3 Å². The number of aryl methyl sites for hydroxylation is 1. The fraction of sp³-hybridized carbons (Fsp3) is 0.125. The van der Waals surface area contributed by atoms with E-state index < -0.39 is 52.8 Å². The van der Waals surface area contributed by atoms with Crippen molar-refractivity contribution in [1.29, 1.82) is 0 Å². The largest absolute Gasteiger partial charge is 0.397 e. The van der Waals surface area contributed by atoms with E-state index in [1.165, 1.54) is 6.92 Å². The third kappa shape index (κ3) is 3.03. The number of alkyl halides is 2. The number of benzene rings is 1. The lowest BCUT2D eigenvalue weighted by atomic mass is 10.1. The van der Waals surface area contributed by atoms with E-state index in [9.17, 15) is 35.5 Å². The van der Waals surface area contributed by atoms with Gasteiger partial charge in [0.05, 0.1) is 5.69 Å². The summed E-state index contributed by atoms with van der Waals surface area (Å²) in [5.74, 6) is -12.6. The van der Waals surface area contributed by atoms with E-state index >= 15 is 0 Å². The summed E-state index contributed by atoms with van der Waals surface area (Å²) in [5, 5.41) is 1.75. The maximum atomic E-state index is 13.7. The highest BCUT2D eigenvalue weighted by molar-refractivity contribution is 7.21. The number of fused-ring (bicyclic) bond motifs is 1. The highest BCUT2D eigenvalue weighted by atomic mass is 32.1. The van der Waals surface area contributed by atoms with Crippen LogP contribution in [0.25, 0.3) is 10.2 Å². The van der Waals surface area contributed by atoms with Crippen molar-refractivity contribution < 1.29 is 35.5 Å². The molecule has 3 N–H and O–H groups in total. The standard InChI is InChI=1S/C16H8F7N3OS/c1-3-2-4(14(22)23)25-16-5(3)11(24)13(28-16)15(27)26-12-9(20)7(18)6(17)8(19)10(12)21/h2,14H,24H2,1H3,(H,26,27). The quantitative estimate of drug-likeness (QED) is 0.351. The third-order valence-electron chi connectivity index (χ3n) is 3.79. The lowest BCUT2D eigenvalue weighted by Gasteiger charge is -2.09. The Bertz CT molecular complexity index is 1100. The van der Waals surface area contributed by atoms with E-state index in [2.05, 4.69) is 4.98 Å². The van der Waals surface area contributed by atoms with Crippen LogP contribution in [0.2, 0.25) is 0 Å². The van der Waals surface area contributed by atoms with Crippen LogP contribution in [0.1, 0.15) is 27.4 Å². The van der Waals surface area contributed by atoms with Gasteiger partial charge in [-0.3, -0.25) is 4.79 Å². The predicted octanol–water partition coefficient (Wildman–Crippen LogP) is 5.07. The highest BCUT2D eigenvalue weighted by Crippen LogP contribution is 2.37. The smallest absolute Gasteiger partial charge is 0.280 e. The van der Waals surface area contributed by atoms with Crippen molar-refractivity contribution >= 4 is 38.8 Å². The van der Waals surface area contributed by atoms with Crippen LogP contribution in [0.5, 0.6) is 0 Å². The number of nitrogens with two attached hydrogens (primary N) is 1. The van der Waals surface area contributed by atoms with Crippen LogP contribution < -0.4 is 11.1 Å². The SMILES string of the molecule is Cc1cc(C(F)F)nc2sc(C(=O)Nc3c(F)c(F)c(F)c(F)c3F)c(N)c12. The van der Waals surface area contributed by atoms with Crippen LogP contribution in [0.4, 0.5) is 42.1 Å². The van der Waals surface area contributed by atoms with Crippen molar-refractivity contribution in [2.24, 2.45) is 0 Å². The van der Waals surface area contributed by atoms with Crippen molar-refractivity contribution in [1.82, 2.24) is 4.98 Å². The number of anilines is 2. The number of hydrogen-bond acceptors (Lipinski definition) is 4. The molecule has 1 amide bonds. The molecule has 0 bridgehead atoms. The first kappa shape index (κ1) is 19.9. The average Bonchev–Trinajstić information content (AvgIpc) is 2.99. The summed E-state index contributed by atoms with van der Waals surface area (Å²) in [7, 11) is 0. The molecular formula is C16H8F7N3OS. The summed E-state index contributed by atoms with van der Waals surface area (Å²) in [5.41, 5.74) is 3.72. The number of nitrogen functional groups attached to an aromatic ring is 1. The van der Waals surface area contributed by atoms with Crippen LogP contribution >= 0.6 is 11.3 Å². The molecular weight excluding hydrogens is 415 g/mol. The number of amides is 1. The van der Waals surface area contributed by atoms with Crippen LogP contribution in [0.15, 0.2) is 6.07 Å². The van der Waals surface area contributed by atoms with E-state index in [1.807, 2.05) is 0 Å². The Morgan fingerprint density at radius 1 is 1.07 bits per heavy atom. The summed E-state index contributed by atoms with van der Waals surface area (Å²) in [6.07, 6.45) is -2.89. The van der Waals surface area contributed by atoms with Gasteiger partial charge in [0.25, 0.3) is 12.3 Å². The molecule has 1 aromatic carbocycles. The third-order valence-corrected chi connectivity index (χ3v) is 4.89. The minimum atomic E-state index is -2.89. The van der Waals surface area contributed by atoms with Gasteiger partial charge in [0, 0.05) is 5.39 Å². The second kappa shape index (κ2) is 6.93.